The van der Waals surface area contributed by atoms with Crippen LogP contribution in [0.5, 0.6) is 5.75 Å². The van der Waals surface area contributed by atoms with Crippen molar-refractivity contribution in [2.24, 2.45) is 0 Å². The smallest absolute Gasteiger partial charge is 0.337 e. The number of hydrogen-bond donors (Lipinski definition) is 2. The standard InChI is InChI=1S/C24H24N4O4/c1-5-16-13-32-23(25-16)21-15(3)27-28(20-9-7-6-8-14(20)2)22(21)26-19-11-10-17(31-4)12-18(19)24(29)30/h6-13,26H,5H2,1-4H3,(H,29,30). The van der Waals surface area contributed by atoms with Gasteiger partial charge in [0.05, 0.1) is 35.4 Å². The molecular weight excluding hydrogens is 408 g/mol. The van der Waals surface area contributed by atoms with Gasteiger partial charge in [0.15, 0.2) is 0 Å². The Morgan fingerprint density at radius 2 is 2.00 bits per heavy atom. The zero-order chi connectivity index (χ0) is 22.8. The van der Waals surface area contributed by atoms with Crippen LogP contribution in [0.1, 0.15) is 34.2 Å². The van der Waals surface area contributed by atoms with Crippen LogP contribution in [0.15, 0.2) is 53.1 Å². The van der Waals surface area contributed by atoms with Crippen LogP contribution in [0.2, 0.25) is 0 Å². The second-order valence-corrected chi connectivity index (χ2v) is 7.35. The number of hydrogen-bond acceptors (Lipinski definition) is 6. The molecule has 0 fully saturated rings. The summed E-state index contributed by atoms with van der Waals surface area (Å²) in [5.74, 6) is 0.370. The second-order valence-electron chi connectivity index (χ2n) is 7.35. The van der Waals surface area contributed by atoms with E-state index in [2.05, 4.69) is 10.3 Å². The van der Waals surface area contributed by atoms with Gasteiger partial charge in [-0.15, -0.1) is 0 Å². The zero-order valence-electron chi connectivity index (χ0n) is 18.3. The summed E-state index contributed by atoms with van der Waals surface area (Å²) in [6, 6.07) is 12.7. The average Bonchev–Trinajstić information content (AvgIpc) is 3.38. The molecule has 0 amide bonds. The highest BCUT2D eigenvalue weighted by Gasteiger charge is 2.24. The highest BCUT2D eigenvalue weighted by atomic mass is 16.5. The van der Waals surface area contributed by atoms with E-state index in [-0.39, 0.29) is 5.56 Å². The van der Waals surface area contributed by atoms with Crippen LogP contribution in [-0.4, -0.2) is 33.0 Å². The van der Waals surface area contributed by atoms with Gasteiger partial charge >= 0.3 is 5.97 Å². The Bertz CT molecular complexity index is 1290. The molecule has 164 valence electrons. The maximum atomic E-state index is 11.9. The molecule has 4 rings (SSSR count). The number of carboxylic acid groups (broad SMARTS) is 1. The van der Waals surface area contributed by atoms with Crippen LogP contribution in [0.4, 0.5) is 11.5 Å². The Labute approximate surface area is 185 Å². The molecule has 0 bridgehead atoms. The number of carboxylic acids is 1. The number of aryl methyl sites for hydroxylation is 3. The van der Waals surface area contributed by atoms with Gasteiger partial charge in [-0.2, -0.15) is 5.10 Å². The van der Waals surface area contributed by atoms with Gasteiger partial charge in [-0.3, -0.25) is 0 Å². The summed E-state index contributed by atoms with van der Waals surface area (Å²) >= 11 is 0. The minimum Gasteiger partial charge on any atom is -0.497 e. The number of anilines is 2. The number of rotatable bonds is 7. The van der Waals surface area contributed by atoms with Crippen molar-refractivity contribution < 1.29 is 19.1 Å². The van der Waals surface area contributed by atoms with Crippen LogP contribution in [0.25, 0.3) is 17.1 Å². The van der Waals surface area contributed by atoms with Crippen molar-refractivity contribution in [2.45, 2.75) is 27.2 Å². The van der Waals surface area contributed by atoms with Crippen molar-refractivity contribution in [1.82, 2.24) is 14.8 Å². The van der Waals surface area contributed by atoms with E-state index in [0.29, 0.717) is 34.4 Å². The van der Waals surface area contributed by atoms with Crippen LogP contribution >= 0.6 is 0 Å². The van der Waals surface area contributed by atoms with Crippen LogP contribution in [-0.2, 0) is 6.42 Å². The van der Waals surface area contributed by atoms with Crippen molar-refractivity contribution in [3.05, 3.63) is 71.2 Å². The first kappa shape index (κ1) is 21.2. The van der Waals surface area contributed by atoms with Crippen molar-refractivity contribution in [3.8, 4) is 22.9 Å². The summed E-state index contributed by atoms with van der Waals surface area (Å²) < 4.78 is 12.7. The van der Waals surface area contributed by atoms with Gasteiger partial charge in [0.1, 0.15) is 23.4 Å². The predicted octanol–water partition coefficient (Wildman–Crippen LogP) is 5.16. The molecule has 2 heterocycles. The van der Waals surface area contributed by atoms with Crippen LogP contribution in [0, 0.1) is 13.8 Å². The van der Waals surface area contributed by atoms with Crippen LogP contribution < -0.4 is 10.1 Å². The molecule has 2 aromatic heterocycles. The van der Waals surface area contributed by atoms with Gasteiger partial charge in [0, 0.05) is 0 Å². The Morgan fingerprint density at radius 3 is 2.66 bits per heavy atom. The molecule has 0 unspecified atom stereocenters. The molecular formula is C24H24N4O4. The molecule has 0 atom stereocenters. The number of nitrogens with one attached hydrogen (secondary N) is 1. The third-order valence-electron chi connectivity index (χ3n) is 5.24. The number of methoxy groups -OCH3 is 1. The molecule has 0 radical (unpaired) electrons. The number of aromatic nitrogens is 3. The number of nitrogens with zero attached hydrogens (tertiary/aromatic N) is 3. The lowest BCUT2D eigenvalue weighted by Gasteiger charge is -2.15. The number of aromatic carboxylic acids is 1. The van der Waals surface area contributed by atoms with Crippen LogP contribution in [0.3, 0.4) is 0 Å². The summed E-state index contributed by atoms with van der Waals surface area (Å²) in [4.78, 5) is 16.5. The van der Waals surface area contributed by atoms with Crippen molar-refractivity contribution in [1.29, 1.82) is 0 Å². The minimum absolute atomic E-state index is 0.0761. The van der Waals surface area contributed by atoms with E-state index in [0.717, 1.165) is 23.4 Å². The van der Waals surface area contributed by atoms with Gasteiger partial charge in [-0.1, -0.05) is 25.1 Å². The topological polar surface area (TPSA) is 102 Å². The quantitative estimate of drug-likeness (QED) is 0.416. The lowest BCUT2D eigenvalue weighted by Crippen LogP contribution is -2.08. The maximum absolute atomic E-state index is 11.9. The summed E-state index contributed by atoms with van der Waals surface area (Å²) in [6.45, 7) is 5.87. The van der Waals surface area contributed by atoms with Crippen molar-refractivity contribution in [3.63, 3.8) is 0 Å². The summed E-state index contributed by atoms with van der Waals surface area (Å²) in [7, 11) is 1.50. The lowest BCUT2D eigenvalue weighted by molar-refractivity contribution is 0.0697. The van der Waals surface area contributed by atoms with Crippen molar-refractivity contribution in [2.75, 3.05) is 12.4 Å². The second kappa shape index (κ2) is 8.58. The molecule has 2 aromatic carbocycles. The van der Waals surface area contributed by atoms with Crippen molar-refractivity contribution >= 4 is 17.5 Å². The molecule has 8 heteroatoms. The Morgan fingerprint density at radius 1 is 1.22 bits per heavy atom. The van der Waals surface area contributed by atoms with Gasteiger partial charge in [-0.25, -0.2) is 14.5 Å². The fourth-order valence-electron chi connectivity index (χ4n) is 3.52. The fraction of sp³-hybridized carbons (Fsp3) is 0.208. The highest BCUT2D eigenvalue weighted by molar-refractivity contribution is 5.96. The first-order valence-electron chi connectivity index (χ1n) is 10.2. The highest BCUT2D eigenvalue weighted by Crippen LogP contribution is 2.37. The number of carbonyl (C=O) groups is 1. The van der Waals surface area contributed by atoms with Gasteiger partial charge < -0.3 is 19.6 Å². The molecule has 0 saturated carbocycles. The fourth-order valence-corrected chi connectivity index (χ4v) is 3.52. The van der Waals surface area contributed by atoms with E-state index in [1.807, 2.05) is 45.0 Å². The summed E-state index contributed by atoms with van der Waals surface area (Å²) in [5, 5.41) is 17.8. The maximum Gasteiger partial charge on any atom is 0.337 e. The number of ether oxygens (including phenoxy) is 1. The minimum atomic E-state index is -1.07. The molecule has 0 aliphatic heterocycles. The third-order valence-corrected chi connectivity index (χ3v) is 5.24. The third kappa shape index (κ3) is 3.82. The van der Waals surface area contributed by atoms with Gasteiger partial charge in [-0.05, 0) is 50.1 Å². The zero-order valence-corrected chi connectivity index (χ0v) is 18.3. The number of para-hydroxylation sites is 1. The molecule has 4 aromatic rings. The molecule has 0 aliphatic carbocycles. The summed E-state index contributed by atoms with van der Waals surface area (Å²) in [6.07, 6.45) is 2.36. The van der Waals surface area contributed by atoms with E-state index >= 15 is 0 Å². The molecule has 0 spiro atoms. The van der Waals surface area contributed by atoms with E-state index < -0.39 is 5.97 Å². The average molecular weight is 432 g/mol. The molecule has 32 heavy (non-hydrogen) atoms. The Kier molecular flexibility index (Phi) is 5.68. The largest absolute Gasteiger partial charge is 0.497 e. The number of oxazole rings is 1. The van der Waals surface area contributed by atoms with Gasteiger partial charge in [0.2, 0.25) is 5.89 Å². The number of benzene rings is 2. The molecule has 0 saturated heterocycles. The molecule has 2 N–H and O–H groups in total. The summed E-state index contributed by atoms with van der Waals surface area (Å²) in [5.41, 5.74) is 4.54. The first-order chi connectivity index (χ1) is 15.4. The first-order valence-corrected chi connectivity index (χ1v) is 10.2. The normalized spacial score (nSPS) is 10.9. The Hall–Kier alpha value is -4.07. The van der Waals surface area contributed by atoms with E-state index in [1.165, 1.54) is 13.2 Å². The predicted molar refractivity (Wildman–Crippen MR) is 121 cm³/mol. The van der Waals surface area contributed by atoms with E-state index in [1.54, 1.807) is 23.1 Å². The Balaban J connectivity index is 1.93. The molecule has 0 aliphatic rings. The monoisotopic (exact) mass is 432 g/mol. The van der Waals surface area contributed by atoms with E-state index in [4.69, 9.17) is 14.3 Å². The molecule has 8 nitrogen and oxygen atoms in total. The van der Waals surface area contributed by atoms with E-state index in [9.17, 15) is 9.90 Å². The van der Waals surface area contributed by atoms with Gasteiger partial charge in [0.25, 0.3) is 0 Å². The lowest BCUT2D eigenvalue weighted by atomic mass is 10.1. The SMILES string of the molecule is CCc1coc(-c2c(C)nn(-c3ccccc3C)c2Nc2ccc(OC)cc2C(=O)O)n1.